The second-order valence-electron chi connectivity index (χ2n) is 16.8. The summed E-state index contributed by atoms with van der Waals surface area (Å²) in [5.74, 6) is -5.93. The lowest BCUT2D eigenvalue weighted by atomic mass is 9.88. The lowest BCUT2D eigenvalue weighted by Crippen LogP contribution is -2.68. The van der Waals surface area contributed by atoms with Gasteiger partial charge in [-0.25, -0.2) is 9.59 Å². The van der Waals surface area contributed by atoms with Gasteiger partial charge in [-0.3, -0.25) is 14.4 Å². The Balaban J connectivity index is 1.25. The van der Waals surface area contributed by atoms with Gasteiger partial charge in [0.25, 0.3) is 5.79 Å². The number of aliphatic hydroxyl groups excluding tert-OH is 4. The van der Waals surface area contributed by atoms with Crippen molar-refractivity contribution in [1.82, 2.24) is 21.3 Å². The highest BCUT2D eigenvalue weighted by Crippen LogP contribution is 2.33. The molecule has 1 heterocycles. The van der Waals surface area contributed by atoms with Crippen LogP contribution < -0.4 is 21.3 Å². The number of nitrogens with one attached hydrogen (secondary N) is 4. The highest BCUT2D eigenvalue weighted by Gasteiger charge is 2.55. The van der Waals surface area contributed by atoms with Crippen LogP contribution in [0.15, 0.2) is 54.6 Å². The SMILES string of the molecule is CC(C)(C)OC(=O)NCCOCCOCCOCCOCCC(=O)NCCOCCOCCO[C@]1(C(=O)O)C[C@H](O)[C@@H](NC(=O)CO)[C@H]([C@H](O)[C@H](O)CNC(=O)Cc2ccc(-c3ccccc3)cc2)O1. The summed E-state index contributed by atoms with van der Waals surface area (Å²) in [5.41, 5.74) is 2.09. The van der Waals surface area contributed by atoms with Crippen LogP contribution in [0, 0.1) is 0 Å². The predicted octanol–water partition coefficient (Wildman–Crippen LogP) is -0.711. The third-order valence-corrected chi connectivity index (χ3v) is 10.0. The second kappa shape index (κ2) is 32.9. The number of ether oxygens (including phenoxy) is 9. The van der Waals surface area contributed by atoms with E-state index in [1.807, 2.05) is 42.5 Å². The van der Waals surface area contributed by atoms with Crippen molar-refractivity contribution in [3.05, 3.63) is 60.2 Å². The van der Waals surface area contributed by atoms with Gasteiger partial charge in [-0.05, 0) is 37.5 Å². The monoisotopic (exact) mass is 996 g/mol. The number of alkyl carbamates (subject to hydrolysis) is 1. The Morgan fingerprint density at radius 2 is 1.21 bits per heavy atom. The molecule has 1 aliphatic rings. The molecule has 1 aliphatic heterocycles. The molecule has 0 spiro atoms. The zero-order valence-electron chi connectivity index (χ0n) is 40.2. The number of aliphatic hydroxyl groups is 4. The number of amides is 4. The molecule has 0 aromatic heterocycles. The van der Waals surface area contributed by atoms with Crippen LogP contribution in [0.2, 0.25) is 0 Å². The number of hydrogen-bond acceptors (Lipinski definition) is 18. The molecular weight excluding hydrogens is 925 g/mol. The topological polar surface area (TPSA) is 318 Å². The number of hydrogen-bond donors (Lipinski definition) is 9. The fraction of sp³-hybridized carbons (Fsp3) is 0.638. The Kier molecular flexibility index (Phi) is 27.9. The minimum absolute atomic E-state index is 0.0520. The first kappa shape index (κ1) is 59.4. The van der Waals surface area contributed by atoms with Crippen LogP contribution in [-0.4, -0.2) is 209 Å². The first-order valence-electron chi connectivity index (χ1n) is 23.1. The van der Waals surface area contributed by atoms with Crippen molar-refractivity contribution in [2.75, 3.05) is 112 Å². The lowest BCUT2D eigenvalue weighted by molar-refractivity contribution is -0.312. The van der Waals surface area contributed by atoms with Crippen LogP contribution in [0.3, 0.4) is 0 Å². The van der Waals surface area contributed by atoms with Gasteiger partial charge in [-0.1, -0.05) is 54.6 Å². The molecule has 394 valence electrons. The third kappa shape index (κ3) is 23.8. The molecule has 9 N–H and O–H groups in total. The largest absolute Gasteiger partial charge is 0.477 e. The summed E-state index contributed by atoms with van der Waals surface area (Å²) in [7, 11) is 0. The normalized spacial score (nSPS) is 18.9. The fourth-order valence-corrected chi connectivity index (χ4v) is 6.60. The number of carbonyl (C=O) groups excluding carboxylic acids is 4. The van der Waals surface area contributed by atoms with Crippen molar-refractivity contribution in [3.63, 3.8) is 0 Å². The second-order valence-corrected chi connectivity index (χ2v) is 16.8. The van der Waals surface area contributed by atoms with E-state index >= 15 is 0 Å². The van der Waals surface area contributed by atoms with Crippen molar-refractivity contribution in [2.45, 2.75) is 81.9 Å². The summed E-state index contributed by atoms with van der Waals surface area (Å²) in [4.78, 5) is 61.1. The Bertz CT molecular complexity index is 1820. The van der Waals surface area contributed by atoms with E-state index in [1.54, 1.807) is 32.9 Å². The minimum Gasteiger partial charge on any atom is -0.477 e. The van der Waals surface area contributed by atoms with Gasteiger partial charge in [0.05, 0.1) is 111 Å². The van der Waals surface area contributed by atoms with Crippen molar-refractivity contribution < 1.29 is 92.1 Å². The summed E-state index contributed by atoms with van der Waals surface area (Å²) >= 11 is 0. The van der Waals surface area contributed by atoms with Crippen LogP contribution in [0.25, 0.3) is 11.1 Å². The van der Waals surface area contributed by atoms with Gasteiger partial charge in [-0.15, -0.1) is 0 Å². The zero-order valence-corrected chi connectivity index (χ0v) is 40.2. The Hall–Kier alpha value is -4.89. The first-order chi connectivity index (χ1) is 33.5. The number of carbonyl (C=O) groups is 5. The van der Waals surface area contributed by atoms with Gasteiger partial charge in [0, 0.05) is 32.5 Å². The number of benzene rings is 2. The van der Waals surface area contributed by atoms with Crippen molar-refractivity contribution in [3.8, 4) is 11.1 Å². The van der Waals surface area contributed by atoms with Gasteiger partial charge in [-0.2, -0.15) is 0 Å². The maximum Gasteiger partial charge on any atom is 0.407 e. The zero-order chi connectivity index (χ0) is 51.2. The summed E-state index contributed by atoms with van der Waals surface area (Å²) in [6, 6.07) is 15.5. The highest BCUT2D eigenvalue weighted by molar-refractivity contribution is 5.79. The summed E-state index contributed by atoms with van der Waals surface area (Å²) in [6.07, 6.45) is -8.37. The van der Waals surface area contributed by atoms with Gasteiger partial charge < -0.3 is 89.4 Å². The molecule has 23 nitrogen and oxygen atoms in total. The average Bonchev–Trinajstić information content (AvgIpc) is 3.32. The van der Waals surface area contributed by atoms with Crippen LogP contribution >= 0.6 is 0 Å². The van der Waals surface area contributed by atoms with E-state index in [2.05, 4.69) is 21.3 Å². The molecule has 0 aliphatic carbocycles. The van der Waals surface area contributed by atoms with Crippen molar-refractivity contribution in [1.29, 1.82) is 0 Å². The molecule has 0 unspecified atom stereocenters. The molecule has 2 aromatic rings. The summed E-state index contributed by atoms with van der Waals surface area (Å²) in [5, 5.41) is 62.7. The van der Waals surface area contributed by atoms with Crippen molar-refractivity contribution in [2.24, 2.45) is 0 Å². The fourth-order valence-electron chi connectivity index (χ4n) is 6.60. The molecule has 2 aromatic carbocycles. The van der Waals surface area contributed by atoms with E-state index in [4.69, 9.17) is 42.6 Å². The smallest absolute Gasteiger partial charge is 0.407 e. The number of carboxylic acid groups (broad SMARTS) is 1. The molecule has 0 bridgehead atoms. The van der Waals surface area contributed by atoms with E-state index in [0.717, 1.165) is 11.1 Å². The molecule has 0 radical (unpaired) electrons. The molecule has 1 fully saturated rings. The Morgan fingerprint density at radius 1 is 0.686 bits per heavy atom. The first-order valence-corrected chi connectivity index (χ1v) is 23.1. The molecule has 23 heteroatoms. The Morgan fingerprint density at radius 3 is 1.77 bits per heavy atom. The Labute approximate surface area is 407 Å². The lowest BCUT2D eigenvalue weighted by Gasteiger charge is -2.46. The molecule has 3 rings (SSSR count). The van der Waals surface area contributed by atoms with Gasteiger partial charge in [0.1, 0.15) is 24.4 Å². The van der Waals surface area contributed by atoms with E-state index in [9.17, 15) is 49.5 Å². The average molecular weight is 997 g/mol. The minimum atomic E-state index is -2.56. The van der Waals surface area contributed by atoms with Crippen LogP contribution in [-0.2, 0) is 68.2 Å². The summed E-state index contributed by atoms with van der Waals surface area (Å²) < 4.78 is 49.0. The number of aliphatic carboxylic acids is 1. The predicted molar refractivity (Wildman–Crippen MR) is 248 cm³/mol. The van der Waals surface area contributed by atoms with E-state index in [1.165, 1.54) is 0 Å². The molecule has 4 amide bonds. The molecular formula is C47H72N4O19. The number of rotatable bonds is 35. The van der Waals surface area contributed by atoms with Crippen LogP contribution in [0.1, 0.15) is 39.2 Å². The molecule has 6 atom stereocenters. The van der Waals surface area contributed by atoms with Crippen LogP contribution in [0.4, 0.5) is 4.79 Å². The maximum atomic E-state index is 12.8. The van der Waals surface area contributed by atoms with Crippen molar-refractivity contribution >= 4 is 29.8 Å². The van der Waals surface area contributed by atoms with E-state index < -0.39 is 85.3 Å². The van der Waals surface area contributed by atoms with Gasteiger partial charge in [0.15, 0.2) is 0 Å². The van der Waals surface area contributed by atoms with Gasteiger partial charge >= 0.3 is 12.1 Å². The number of carboxylic acids is 1. The third-order valence-electron chi connectivity index (χ3n) is 10.0. The van der Waals surface area contributed by atoms with Crippen LogP contribution in [0.5, 0.6) is 0 Å². The molecule has 70 heavy (non-hydrogen) atoms. The molecule has 0 saturated carbocycles. The quantitative estimate of drug-likeness (QED) is 0.0385. The van der Waals surface area contributed by atoms with Gasteiger partial charge in [0.2, 0.25) is 17.7 Å². The summed E-state index contributed by atoms with van der Waals surface area (Å²) in [6.45, 7) is 6.92. The molecule has 1 saturated heterocycles. The standard InChI is InChI=1S/C47H72N4O19/c1-46(2,3)70-45(61)49-15-18-64-20-23-66-26-25-65-22-19-62-16-13-38(55)48-14-17-63-21-24-67-27-28-68-47(44(59)60)30-36(53)41(51-40(57)32-52)43(69-47)42(58)37(54)31-50-39(56)29-33-9-11-35(12-10-33)34-7-5-4-6-8-34/h4-12,36-37,41-43,52-54,58H,13-32H2,1-3H3,(H,48,55)(H,49,61)(H,50,56)(H,51,57)(H,59,60)/t36-,37+,41+,42+,43+,47+/m0/s1. The highest BCUT2D eigenvalue weighted by atomic mass is 16.7. The van der Waals surface area contributed by atoms with E-state index in [0.29, 0.717) is 58.4 Å². The van der Waals surface area contributed by atoms with E-state index in [-0.39, 0.29) is 64.9 Å². The maximum absolute atomic E-state index is 12.8.